The van der Waals surface area contributed by atoms with Crippen LogP contribution in [-0.2, 0) is 4.74 Å². The molecule has 0 aromatic carbocycles. The van der Waals surface area contributed by atoms with Crippen molar-refractivity contribution in [2.24, 2.45) is 5.92 Å². The van der Waals surface area contributed by atoms with Crippen LogP contribution < -0.4 is 5.32 Å². The van der Waals surface area contributed by atoms with Gasteiger partial charge < -0.3 is 15.0 Å². The van der Waals surface area contributed by atoms with E-state index < -0.39 is 0 Å². The molecule has 1 N–H and O–H groups in total. The van der Waals surface area contributed by atoms with Gasteiger partial charge in [0.25, 0.3) is 0 Å². The zero-order valence-corrected chi connectivity index (χ0v) is 11.0. The lowest BCUT2D eigenvalue weighted by Crippen LogP contribution is -2.37. The minimum atomic E-state index is 0.451. The van der Waals surface area contributed by atoms with Crippen molar-refractivity contribution in [3.05, 3.63) is 0 Å². The molecule has 92 valence electrons. The second kappa shape index (κ2) is 9.13. The number of likely N-dealkylation sites (N-methyl/N-ethyl adjacent to an activating group) is 1. The topological polar surface area (TPSA) is 24.5 Å². The van der Waals surface area contributed by atoms with E-state index in [4.69, 9.17) is 4.74 Å². The first kappa shape index (κ1) is 14.9. The Kier molecular flexibility index (Phi) is 9.06. The Morgan fingerprint density at radius 1 is 1.33 bits per heavy atom. The van der Waals surface area contributed by atoms with Crippen LogP contribution in [0.1, 0.15) is 27.2 Å². The Bertz CT molecular complexity index is 142. The Balaban J connectivity index is 3.41. The quantitative estimate of drug-likeness (QED) is 0.633. The molecular weight excluding hydrogens is 188 g/mol. The van der Waals surface area contributed by atoms with Gasteiger partial charge in [0.2, 0.25) is 0 Å². The van der Waals surface area contributed by atoms with Gasteiger partial charge in [-0.1, -0.05) is 20.3 Å². The van der Waals surface area contributed by atoms with Crippen LogP contribution in [-0.4, -0.2) is 51.3 Å². The van der Waals surface area contributed by atoms with E-state index >= 15 is 0 Å². The normalized spacial score (nSPS) is 15.6. The fraction of sp³-hybridized carbons (Fsp3) is 1.00. The molecule has 0 saturated carbocycles. The van der Waals surface area contributed by atoms with Crippen molar-refractivity contribution in [2.75, 3.05) is 40.4 Å². The standard InChI is InChI=1S/C12H28N2O/c1-6-11(2)9-14(4)8-7-13-12(3)10-15-5/h11-13H,6-10H2,1-5H3. The maximum absolute atomic E-state index is 5.07. The van der Waals surface area contributed by atoms with Crippen LogP contribution in [0.3, 0.4) is 0 Å². The molecule has 0 rings (SSSR count). The van der Waals surface area contributed by atoms with Crippen LogP contribution in [0.4, 0.5) is 0 Å². The first-order chi connectivity index (χ1) is 7.10. The van der Waals surface area contributed by atoms with Gasteiger partial charge >= 0.3 is 0 Å². The van der Waals surface area contributed by atoms with Crippen LogP contribution in [0.15, 0.2) is 0 Å². The van der Waals surface area contributed by atoms with Gasteiger partial charge in [0.05, 0.1) is 6.61 Å². The van der Waals surface area contributed by atoms with Crippen molar-refractivity contribution in [1.29, 1.82) is 0 Å². The van der Waals surface area contributed by atoms with E-state index in [0.29, 0.717) is 6.04 Å². The van der Waals surface area contributed by atoms with Crippen molar-refractivity contribution < 1.29 is 4.74 Å². The summed E-state index contributed by atoms with van der Waals surface area (Å²) in [5, 5.41) is 3.44. The van der Waals surface area contributed by atoms with Gasteiger partial charge in [0.1, 0.15) is 0 Å². The monoisotopic (exact) mass is 216 g/mol. The van der Waals surface area contributed by atoms with Gasteiger partial charge in [0, 0.05) is 32.8 Å². The molecule has 0 radical (unpaired) electrons. The maximum Gasteiger partial charge on any atom is 0.0613 e. The Morgan fingerprint density at radius 3 is 2.53 bits per heavy atom. The van der Waals surface area contributed by atoms with Crippen molar-refractivity contribution in [3.63, 3.8) is 0 Å². The van der Waals surface area contributed by atoms with E-state index in [0.717, 1.165) is 25.6 Å². The molecule has 0 saturated heterocycles. The summed E-state index contributed by atoms with van der Waals surface area (Å²) in [6.07, 6.45) is 1.26. The molecule has 15 heavy (non-hydrogen) atoms. The predicted molar refractivity (Wildman–Crippen MR) is 66.3 cm³/mol. The molecule has 0 aromatic rings. The molecular formula is C12H28N2O. The Labute approximate surface area is 95.2 Å². The zero-order chi connectivity index (χ0) is 11.7. The summed E-state index contributed by atoms with van der Waals surface area (Å²) in [6, 6.07) is 0.451. The van der Waals surface area contributed by atoms with Gasteiger partial charge in [-0.25, -0.2) is 0 Å². The van der Waals surface area contributed by atoms with Crippen molar-refractivity contribution in [1.82, 2.24) is 10.2 Å². The van der Waals surface area contributed by atoms with E-state index in [9.17, 15) is 0 Å². The molecule has 0 fully saturated rings. The summed E-state index contributed by atoms with van der Waals surface area (Å²) < 4.78 is 5.07. The summed E-state index contributed by atoms with van der Waals surface area (Å²) in [7, 11) is 3.93. The first-order valence-electron chi connectivity index (χ1n) is 6.01. The second-order valence-corrected chi connectivity index (χ2v) is 4.59. The second-order valence-electron chi connectivity index (χ2n) is 4.59. The summed E-state index contributed by atoms with van der Waals surface area (Å²) in [5.41, 5.74) is 0. The predicted octanol–water partition coefficient (Wildman–Crippen LogP) is 1.59. The number of methoxy groups -OCH3 is 1. The van der Waals surface area contributed by atoms with Crippen molar-refractivity contribution in [2.45, 2.75) is 33.2 Å². The Morgan fingerprint density at radius 2 is 2.00 bits per heavy atom. The van der Waals surface area contributed by atoms with Crippen molar-refractivity contribution >= 4 is 0 Å². The molecule has 0 aromatic heterocycles. The highest BCUT2D eigenvalue weighted by Crippen LogP contribution is 2.01. The van der Waals surface area contributed by atoms with Crippen LogP contribution in [0.25, 0.3) is 0 Å². The number of hydrogen-bond acceptors (Lipinski definition) is 3. The lowest BCUT2D eigenvalue weighted by atomic mass is 10.1. The van der Waals surface area contributed by atoms with Gasteiger partial charge in [0.15, 0.2) is 0 Å². The van der Waals surface area contributed by atoms with E-state index in [-0.39, 0.29) is 0 Å². The van der Waals surface area contributed by atoms with E-state index in [1.54, 1.807) is 7.11 Å². The van der Waals surface area contributed by atoms with Gasteiger partial charge in [-0.3, -0.25) is 0 Å². The first-order valence-corrected chi connectivity index (χ1v) is 6.01. The fourth-order valence-corrected chi connectivity index (χ4v) is 1.56. The summed E-state index contributed by atoms with van der Waals surface area (Å²) in [5.74, 6) is 0.798. The lowest BCUT2D eigenvalue weighted by Gasteiger charge is -2.21. The highest BCUT2D eigenvalue weighted by Gasteiger charge is 2.05. The fourth-order valence-electron chi connectivity index (χ4n) is 1.56. The van der Waals surface area contributed by atoms with Crippen LogP contribution >= 0.6 is 0 Å². The SMILES string of the molecule is CCC(C)CN(C)CCNC(C)COC. The molecule has 0 aliphatic heterocycles. The molecule has 2 atom stereocenters. The number of nitrogens with one attached hydrogen (secondary N) is 1. The van der Waals surface area contributed by atoms with Crippen LogP contribution in [0, 0.1) is 5.92 Å². The average Bonchev–Trinajstić information content (AvgIpc) is 2.18. The van der Waals surface area contributed by atoms with Gasteiger partial charge in [-0.15, -0.1) is 0 Å². The number of ether oxygens (including phenoxy) is 1. The van der Waals surface area contributed by atoms with E-state index in [2.05, 4.69) is 38.0 Å². The maximum atomic E-state index is 5.07. The average molecular weight is 216 g/mol. The van der Waals surface area contributed by atoms with Crippen LogP contribution in [0.2, 0.25) is 0 Å². The summed E-state index contributed by atoms with van der Waals surface area (Å²) in [4.78, 5) is 2.39. The molecule has 3 heteroatoms. The highest BCUT2D eigenvalue weighted by atomic mass is 16.5. The summed E-state index contributed by atoms with van der Waals surface area (Å²) in [6.45, 7) is 10.8. The number of hydrogen-bond donors (Lipinski definition) is 1. The molecule has 0 amide bonds. The van der Waals surface area contributed by atoms with Gasteiger partial charge in [-0.05, 0) is 19.9 Å². The van der Waals surface area contributed by atoms with E-state index in [1.807, 2.05) is 0 Å². The third kappa shape index (κ3) is 8.85. The minimum absolute atomic E-state index is 0.451. The Hall–Kier alpha value is -0.120. The van der Waals surface area contributed by atoms with Gasteiger partial charge in [-0.2, -0.15) is 0 Å². The van der Waals surface area contributed by atoms with E-state index in [1.165, 1.54) is 13.0 Å². The van der Waals surface area contributed by atoms with Crippen molar-refractivity contribution in [3.8, 4) is 0 Å². The zero-order valence-electron chi connectivity index (χ0n) is 11.0. The largest absolute Gasteiger partial charge is 0.383 e. The third-order valence-electron chi connectivity index (χ3n) is 2.72. The number of rotatable bonds is 9. The molecule has 0 aliphatic rings. The molecule has 2 unspecified atom stereocenters. The summed E-state index contributed by atoms with van der Waals surface area (Å²) >= 11 is 0. The molecule has 0 bridgehead atoms. The molecule has 0 aliphatic carbocycles. The third-order valence-corrected chi connectivity index (χ3v) is 2.72. The molecule has 0 spiro atoms. The highest BCUT2D eigenvalue weighted by molar-refractivity contribution is 4.63. The van der Waals surface area contributed by atoms with Crippen LogP contribution in [0.5, 0.6) is 0 Å². The smallest absolute Gasteiger partial charge is 0.0613 e. The number of nitrogens with zero attached hydrogens (tertiary/aromatic N) is 1. The molecule has 0 heterocycles. The minimum Gasteiger partial charge on any atom is -0.383 e. The lowest BCUT2D eigenvalue weighted by molar-refractivity contribution is 0.169. The molecule has 3 nitrogen and oxygen atoms in total.